The maximum atomic E-state index is 13.5. The molecule has 0 N–H and O–H groups in total. The van der Waals surface area contributed by atoms with E-state index in [0.717, 1.165) is 5.56 Å². The van der Waals surface area contributed by atoms with E-state index >= 15 is 0 Å². The molecule has 1 atom stereocenters. The second-order valence-corrected chi connectivity index (χ2v) is 9.50. The number of rotatable bonds is 4. The quantitative estimate of drug-likeness (QED) is 0.420. The van der Waals surface area contributed by atoms with Gasteiger partial charge in [0.05, 0.1) is 29.7 Å². The molecule has 3 aromatic rings. The predicted molar refractivity (Wildman–Crippen MR) is 134 cm³/mol. The summed E-state index contributed by atoms with van der Waals surface area (Å²) in [7, 11) is 0. The minimum Gasteiger partial charge on any atom is -0.378 e. The lowest BCUT2D eigenvalue weighted by molar-refractivity contribution is -0.123. The van der Waals surface area contributed by atoms with Crippen molar-refractivity contribution in [1.29, 1.82) is 0 Å². The smallest absolute Gasteiger partial charge is 0.267 e. The zero-order valence-corrected chi connectivity index (χ0v) is 19.6. The van der Waals surface area contributed by atoms with Gasteiger partial charge in [-0.3, -0.25) is 18.9 Å². The van der Waals surface area contributed by atoms with Crippen molar-refractivity contribution in [3.63, 3.8) is 0 Å². The van der Waals surface area contributed by atoms with Crippen LogP contribution in [0.25, 0.3) is 11.7 Å². The van der Waals surface area contributed by atoms with Crippen LogP contribution in [0.4, 0.5) is 5.82 Å². The van der Waals surface area contributed by atoms with Crippen molar-refractivity contribution in [1.82, 2.24) is 14.3 Å². The molecule has 1 aromatic carbocycles. The molecule has 2 saturated heterocycles. The molecule has 2 aromatic heterocycles. The Kier molecular flexibility index (Phi) is 6.01. The molecule has 2 fully saturated rings. The van der Waals surface area contributed by atoms with Gasteiger partial charge in [-0.15, -0.1) is 0 Å². The number of benzene rings is 1. The predicted octanol–water partition coefficient (Wildman–Crippen LogP) is 3.49. The van der Waals surface area contributed by atoms with E-state index in [2.05, 4.69) is 0 Å². The molecule has 2 aliphatic heterocycles. The summed E-state index contributed by atoms with van der Waals surface area (Å²) in [5.41, 5.74) is 1.72. The first-order valence-electron chi connectivity index (χ1n) is 10.7. The molecule has 9 heteroatoms. The number of ether oxygens (including phenoxy) is 1. The number of hydrogen-bond donors (Lipinski definition) is 0. The summed E-state index contributed by atoms with van der Waals surface area (Å²) >= 11 is 6.78. The summed E-state index contributed by atoms with van der Waals surface area (Å²) in [5, 5.41) is 0. The van der Waals surface area contributed by atoms with Crippen LogP contribution in [0.2, 0.25) is 0 Å². The van der Waals surface area contributed by atoms with Gasteiger partial charge < -0.3 is 9.64 Å². The number of pyridine rings is 1. The third kappa shape index (κ3) is 4.07. The molecule has 33 heavy (non-hydrogen) atoms. The van der Waals surface area contributed by atoms with E-state index in [1.165, 1.54) is 16.2 Å². The van der Waals surface area contributed by atoms with Crippen molar-refractivity contribution in [2.24, 2.45) is 0 Å². The fourth-order valence-electron chi connectivity index (χ4n) is 4.06. The first kappa shape index (κ1) is 21.8. The van der Waals surface area contributed by atoms with Gasteiger partial charge in [0.25, 0.3) is 11.5 Å². The highest BCUT2D eigenvalue weighted by Gasteiger charge is 2.36. The lowest BCUT2D eigenvalue weighted by atomic mass is 10.1. The fraction of sp³-hybridized carbons (Fsp3) is 0.250. The normalized spacial score (nSPS) is 19.0. The van der Waals surface area contributed by atoms with E-state index in [4.69, 9.17) is 21.9 Å². The van der Waals surface area contributed by atoms with E-state index in [1.807, 2.05) is 48.2 Å². The topological polar surface area (TPSA) is 67.2 Å². The van der Waals surface area contributed by atoms with E-state index in [1.54, 1.807) is 29.3 Å². The van der Waals surface area contributed by atoms with Crippen molar-refractivity contribution in [2.75, 3.05) is 31.2 Å². The van der Waals surface area contributed by atoms with Crippen LogP contribution in [0.1, 0.15) is 24.1 Å². The van der Waals surface area contributed by atoms with Crippen LogP contribution in [0.5, 0.6) is 0 Å². The van der Waals surface area contributed by atoms with Gasteiger partial charge in [0.15, 0.2) is 0 Å². The van der Waals surface area contributed by atoms with Crippen LogP contribution in [-0.4, -0.2) is 50.8 Å². The van der Waals surface area contributed by atoms with Gasteiger partial charge in [-0.2, -0.15) is 0 Å². The van der Waals surface area contributed by atoms with Gasteiger partial charge >= 0.3 is 0 Å². The molecular weight excluding hydrogens is 456 g/mol. The first-order chi connectivity index (χ1) is 16.0. The Hall–Kier alpha value is -3.01. The van der Waals surface area contributed by atoms with Crippen molar-refractivity contribution < 1.29 is 9.53 Å². The standard InChI is InChI=1S/C24H22N4O3S2/c1-16(17-7-3-2-4-8-17)28-23(30)19(33-24(28)32)15-18-21(26-11-13-31-14-12-26)25-20-9-5-6-10-27(20)22(18)29/h2-10,15-16H,11-14H2,1H3/b19-15-/t16-/m1/s1. The molecule has 168 valence electrons. The zero-order chi connectivity index (χ0) is 22.9. The summed E-state index contributed by atoms with van der Waals surface area (Å²) in [6.07, 6.45) is 3.34. The highest BCUT2D eigenvalue weighted by Crippen LogP contribution is 2.38. The van der Waals surface area contributed by atoms with Gasteiger partial charge in [0, 0.05) is 19.3 Å². The number of carbonyl (C=O) groups is 1. The van der Waals surface area contributed by atoms with E-state index < -0.39 is 0 Å². The number of thiocarbonyl (C=S) groups is 1. The Bertz CT molecular complexity index is 1320. The van der Waals surface area contributed by atoms with Crippen molar-refractivity contribution >= 4 is 51.7 Å². The van der Waals surface area contributed by atoms with Gasteiger partial charge in [0.1, 0.15) is 15.8 Å². The van der Waals surface area contributed by atoms with Crippen molar-refractivity contribution in [3.05, 3.63) is 81.1 Å². The van der Waals surface area contributed by atoms with Gasteiger partial charge in [-0.25, -0.2) is 4.98 Å². The first-order valence-corrected chi connectivity index (χ1v) is 11.9. The Morgan fingerprint density at radius 1 is 1.09 bits per heavy atom. The minimum atomic E-state index is -0.219. The largest absolute Gasteiger partial charge is 0.378 e. The summed E-state index contributed by atoms with van der Waals surface area (Å²) in [6.45, 7) is 4.33. The number of nitrogens with zero attached hydrogens (tertiary/aromatic N) is 4. The second-order valence-electron chi connectivity index (χ2n) is 7.82. The Morgan fingerprint density at radius 3 is 2.58 bits per heavy atom. The number of anilines is 1. The molecule has 0 unspecified atom stereocenters. The molecular formula is C24H22N4O3S2. The van der Waals surface area contributed by atoms with Crippen LogP contribution in [0.3, 0.4) is 0 Å². The van der Waals surface area contributed by atoms with Gasteiger partial charge in [-0.05, 0) is 30.7 Å². The van der Waals surface area contributed by atoms with Crippen LogP contribution < -0.4 is 10.5 Å². The minimum absolute atomic E-state index is 0.202. The number of morpholine rings is 1. The third-order valence-electron chi connectivity index (χ3n) is 5.83. The number of aromatic nitrogens is 2. The Balaban J connectivity index is 1.58. The van der Waals surface area contributed by atoms with Gasteiger partial charge in [-0.1, -0.05) is 60.4 Å². The maximum absolute atomic E-state index is 13.5. The van der Waals surface area contributed by atoms with E-state index in [9.17, 15) is 9.59 Å². The highest BCUT2D eigenvalue weighted by atomic mass is 32.2. The molecule has 1 amide bonds. The molecule has 0 aliphatic carbocycles. The molecule has 0 bridgehead atoms. The third-order valence-corrected chi connectivity index (χ3v) is 7.16. The molecule has 0 saturated carbocycles. The molecule has 7 nitrogen and oxygen atoms in total. The number of carbonyl (C=O) groups excluding carboxylic acids is 1. The zero-order valence-electron chi connectivity index (χ0n) is 18.0. The molecule has 4 heterocycles. The summed E-state index contributed by atoms with van der Waals surface area (Å²) in [5.74, 6) is 0.364. The molecule has 5 rings (SSSR count). The Morgan fingerprint density at radius 2 is 1.82 bits per heavy atom. The monoisotopic (exact) mass is 478 g/mol. The second kappa shape index (κ2) is 9.09. The van der Waals surface area contributed by atoms with Crippen molar-refractivity contribution in [2.45, 2.75) is 13.0 Å². The number of amides is 1. The van der Waals surface area contributed by atoms with Crippen LogP contribution >= 0.6 is 24.0 Å². The number of fused-ring (bicyclic) bond motifs is 1. The number of thioether (sulfide) groups is 1. The maximum Gasteiger partial charge on any atom is 0.267 e. The SMILES string of the molecule is C[C@H](c1ccccc1)N1C(=O)/C(=C/c2c(N3CCOCC3)nc3ccccn3c2=O)SC1=S. The van der Waals surface area contributed by atoms with Crippen LogP contribution in [-0.2, 0) is 9.53 Å². The summed E-state index contributed by atoms with van der Waals surface area (Å²) < 4.78 is 7.45. The fourth-order valence-corrected chi connectivity index (χ4v) is 5.46. The average molecular weight is 479 g/mol. The van der Waals surface area contributed by atoms with E-state index in [-0.39, 0.29) is 17.5 Å². The molecule has 0 radical (unpaired) electrons. The van der Waals surface area contributed by atoms with Gasteiger partial charge in [0.2, 0.25) is 0 Å². The Labute approximate surface area is 200 Å². The average Bonchev–Trinajstić information content (AvgIpc) is 3.14. The number of hydrogen-bond acceptors (Lipinski definition) is 7. The summed E-state index contributed by atoms with van der Waals surface area (Å²) in [4.78, 5) is 35.7. The van der Waals surface area contributed by atoms with Crippen LogP contribution in [0.15, 0.2) is 64.4 Å². The van der Waals surface area contributed by atoms with E-state index in [0.29, 0.717) is 52.6 Å². The lowest BCUT2D eigenvalue weighted by Gasteiger charge is -2.29. The highest BCUT2D eigenvalue weighted by molar-refractivity contribution is 8.26. The van der Waals surface area contributed by atoms with Crippen LogP contribution in [0, 0.1) is 0 Å². The van der Waals surface area contributed by atoms with Crippen molar-refractivity contribution in [3.8, 4) is 0 Å². The molecule has 2 aliphatic rings. The summed E-state index contributed by atoms with van der Waals surface area (Å²) in [6, 6.07) is 15.0. The molecule has 0 spiro atoms. The lowest BCUT2D eigenvalue weighted by Crippen LogP contribution is -2.38.